The molecule has 44 heavy (non-hydrogen) atoms. The summed E-state index contributed by atoms with van der Waals surface area (Å²) in [6, 6.07) is 7.86. The first kappa shape index (κ1) is 35.9. The number of aliphatic hydroxyl groups excluding tert-OH is 1. The molecule has 236 valence electrons. The molecule has 0 saturated carbocycles. The monoisotopic (exact) mass is 599 g/mol. The van der Waals surface area contributed by atoms with Crippen LogP contribution < -0.4 is 4.90 Å². The van der Waals surface area contributed by atoms with Crippen molar-refractivity contribution in [2.24, 2.45) is 5.41 Å². The predicted octanol–water partition coefficient (Wildman–Crippen LogP) is 7.85. The number of ether oxygens (including phenoxy) is 1. The van der Waals surface area contributed by atoms with Crippen molar-refractivity contribution in [3.05, 3.63) is 96.8 Å². The molecule has 0 bridgehead atoms. The number of hydrogen-bond acceptors (Lipinski definition) is 7. The molecule has 8 heteroatoms. The number of rotatable bonds is 8. The van der Waals surface area contributed by atoms with Gasteiger partial charge in [0.25, 0.3) is 5.78 Å². The molecule has 1 N–H and O–H groups in total. The van der Waals surface area contributed by atoms with Gasteiger partial charge in [0.1, 0.15) is 5.82 Å². The molecule has 2 aromatic heterocycles. The molecule has 4 rings (SSSR count). The van der Waals surface area contributed by atoms with Crippen LogP contribution in [0.2, 0.25) is 0 Å². The van der Waals surface area contributed by atoms with Crippen molar-refractivity contribution >= 4 is 23.1 Å². The van der Waals surface area contributed by atoms with Crippen LogP contribution in [0.15, 0.2) is 80.0 Å². The lowest BCUT2D eigenvalue weighted by molar-refractivity contribution is -0.150. The maximum absolute atomic E-state index is 12.4. The Hall–Kier alpha value is -4.30. The number of carbonyl (C=O) groups excluding carboxylic acids is 1. The van der Waals surface area contributed by atoms with Gasteiger partial charge in [-0.1, -0.05) is 102 Å². The molecular weight excluding hydrogens is 550 g/mol. The number of aromatic nitrogens is 4. The summed E-state index contributed by atoms with van der Waals surface area (Å²) in [6.07, 6.45) is 13.8. The number of piperidine rings is 1. The molecule has 1 atom stereocenters. The fourth-order valence-corrected chi connectivity index (χ4v) is 4.77. The number of anilines is 1. The molecule has 1 aromatic carbocycles. The minimum absolute atomic E-state index is 0.217. The lowest BCUT2D eigenvalue weighted by atomic mass is 9.82. The van der Waals surface area contributed by atoms with E-state index in [1.165, 1.54) is 7.11 Å². The number of benzene rings is 1. The van der Waals surface area contributed by atoms with Crippen LogP contribution in [-0.4, -0.2) is 50.9 Å². The smallest absolute Gasteiger partial charge is 0.339 e. The largest absolute Gasteiger partial charge is 0.467 e. The number of nitrogens with zero attached hydrogens (tertiary/aromatic N) is 5. The number of hydrogen-bond donors (Lipinski definition) is 1. The zero-order chi connectivity index (χ0) is 32.9. The Morgan fingerprint density at radius 2 is 1.73 bits per heavy atom. The van der Waals surface area contributed by atoms with Gasteiger partial charge in [0.2, 0.25) is 0 Å². The summed E-state index contributed by atoms with van der Waals surface area (Å²) in [5.41, 5.74) is 3.83. The zero-order valence-corrected chi connectivity index (χ0v) is 27.7. The first-order chi connectivity index (χ1) is 21.1. The number of aryl methyl sites for hydroxylation is 1. The van der Waals surface area contributed by atoms with Crippen molar-refractivity contribution < 1.29 is 14.6 Å². The highest BCUT2D eigenvalue weighted by Crippen LogP contribution is 2.37. The molecule has 0 radical (unpaired) electrons. The van der Waals surface area contributed by atoms with Crippen molar-refractivity contribution in [3.8, 4) is 11.4 Å². The molecule has 0 amide bonds. The van der Waals surface area contributed by atoms with Gasteiger partial charge in [-0.2, -0.15) is 9.50 Å². The van der Waals surface area contributed by atoms with E-state index in [2.05, 4.69) is 36.9 Å². The number of esters is 1. The van der Waals surface area contributed by atoms with E-state index in [9.17, 15) is 9.90 Å². The van der Waals surface area contributed by atoms with Gasteiger partial charge < -0.3 is 14.7 Å². The maximum atomic E-state index is 12.4. The van der Waals surface area contributed by atoms with Crippen LogP contribution in [0.4, 0.5) is 5.82 Å². The number of aliphatic hydroxyl groups is 1. The molecule has 3 heterocycles. The van der Waals surface area contributed by atoms with Crippen molar-refractivity contribution in [3.63, 3.8) is 0 Å². The van der Waals surface area contributed by atoms with Gasteiger partial charge >= 0.3 is 5.97 Å². The third kappa shape index (κ3) is 8.86. The topological polar surface area (TPSA) is 92.8 Å². The Kier molecular flexibility index (Phi) is 14.0. The molecule has 1 saturated heterocycles. The zero-order valence-electron chi connectivity index (χ0n) is 27.7. The Morgan fingerprint density at radius 1 is 1.09 bits per heavy atom. The minimum Gasteiger partial charge on any atom is -0.467 e. The highest BCUT2D eigenvalue weighted by Gasteiger charge is 2.33. The Labute approximate surface area is 263 Å². The summed E-state index contributed by atoms with van der Waals surface area (Å²) in [5, 5.41) is 15.7. The van der Waals surface area contributed by atoms with Crippen molar-refractivity contribution in [2.75, 3.05) is 25.1 Å². The summed E-state index contributed by atoms with van der Waals surface area (Å²) < 4.78 is 6.49. The lowest BCUT2D eigenvalue weighted by Gasteiger charge is -2.39. The van der Waals surface area contributed by atoms with E-state index in [1.807, 2.05) is 82.3 Å². The number of methoxy groups -OCH3 is 1. The van der Waals surface area contributed by atoms with E-state index in [4.69, 9.17) is 14.8 Å². The third-order valence-corrected chi connectivity index (χ3v) is 7.27. The Balaban J connectivity index is 0.000000755. The van der Waals surface area contributed by atoms with Crippen LogP contribution in [0, 0.1) is 12.3 Å². The number of allylic oxidation sites excluding steroid dienone is 8. The predicted molar refractivity (Wildman–Crippen MR) is 183 cm³/mol. The van der Waals surface area contributed by atoms with Crippen LogP contribution >= 0.6 is 0 Å². The average Bonchev–Trinajstić information content (AvgIpc) is 3.46. The van der Waals surface area contributed by atoms with E-state index in [0.717, 1.165) is 42.6 Å². The first-order valence-electron chi connectivity index (χ1n) is 15.2. The third-order valence-electron chi connectivity index (χ3n) is 7.27. The summed E-state index contributed by atoms with van der Waals surface area (Å²) in [7, 11) is 1.26. The summed E-state index contributed by atoms with van der Waals surface area (Å²) in [4.78, 5) is 23.8. The number of fused-ring (bicyclic) bond motifs is 1. The van der Waals surface area contributed by atoms with Crippen molar-refractivity contribution in [1.82, 2.24) is 19.6 Å². The van der Waals surface area contributed by atoms with E-state index >= 15 is 0 Å². The molecule has 1 fully saturated rings. The second-order valence-electron chi connectivity index (χ2n) is 10.9. The Bertz CT molecular complexity index is 1490. The summed E-state index contributed by atoms with van der Waals surface area (Å²) >= 11 is 0. The van der Waals surface area contributed by atoms with Gasteiger partial charge in [-0.25, -0.2) is 9.78 Å². The van der Waals surface area contributed by atoms with E-state index in [1.54, 1.807) is 23.6 Å². The second kappa shape index (κ2) is 17.1. The second-order valence-corrected chi connectivity index (χ2v) is 10.9. The van der Waals surface area contributed by atoms with Crippen molar-refractivity contribution in [1.29, 1.82) is 0 Å². The molecule has 1 aliphatic heterocycles. The molecule has 0 aliphatic carbocycles. The molecule has 1 unspecified atom stereocenters. The standard InChI is InChI=1S/C28H33N5O3.C6H10.C2H6/c1-7-10-19(8-2)20-11-9-12-21(17-20)24-30-27-29-18(3)22(23(34)26(35)36-6)25(33(27)31-24)32-15-13-28(4,5)14-16-32;1-3-5-6-4-2;1-2/h7-12,17,23,34H,1-2,13-16H2,3-6H3;3-6H,1-2H3;1-2H3/b19-10+;5-3-,6-4-;. The molecule has 8 nitrogen and oxygen atoms in total. The van der Waals surface area contributed by atoms with E-state index in [0.29, 0.717) is 28.7 Å². The van der Waals surface area contributed by atoms with Crippen LogP contribution in [0.1, 0.15) is 77.3 Å². The van der Waals surface area contributed by atoms with Crippen LogP contribution in [0.5, 0.6) is 0 Å². The molecule has 1 aliphatic rings. The Morgan fingerprint density at radius 3 is 2.27 bits per heavy atom. The van der Waals surface area contributed by atoms with E-state index in [-0.39, 0.29) is 5.41 Å². The van der Waals surface area contributed by atoms with Gasteiger partial charge in [0.15, 0.2) is 11.9 Å². The van der Waals surface area contributed by atoms with Crippen LogP contribution in [-0.2, 0) is 9.53 Å². The first-order valence-corrected chi connectivity index (χ1v) is 15.2. The van der Waals surface area contributed by atoms with Gasteiger partial charge in [-0.3, -0.25) is 0 Å². The molecule has 3 aromatic rings. The summed E-state index contributed by atoms with van der Waals surface area (Å²) in [5.74, 6) is 0.782. The van der Waals surface area contributed by atoms with Gasteiger partial charge in [0.05, 0.1) is 18.4 Å². The van der Waals surface area contributed by atoms with Gasteiger partial charge in [-0.15, -0.1) is 5.10 Å². The van der Waals surface area contributed by atoms with Gasteiger partial charge in [0, 0.05) is 18.7 Å². The average molecular weight is 600 g/mol. The fraction of sp³-hybridized carbons (Fsp3) is 0.389. The van der Waals surface area contributed by atoms with Gasteiger partial charge in [-0.05, 0) is 56.2 Å². The number of carbonyl (C=O) groups is 1. The SMILES string of the molecule is C/C=C\C=C/C.C=C/C=C(\C=C)c1cccc(-c2nc3nc(C)c(C(O)C(=O)OC)c(N4CCC(C)(C)CC4)n3n2)c1.CC. The van der Waals surface area contributed by atoms with Crippen LogP contribution in [0.25, 0.3) is 22.7 Å². The highest BCUT2D eigenvalue weighted by atomic mass is 16.5. The highest BCUT2D eigenvalue weighted by molar-refractivity contribution is 5.80. The lowest BCUT2D eigenvalue weighted by Crippen LogP contribution is -2.39. The maximum Gasteiger partial charge on any atom is 0.339 e. The summed E-state index contributed by atoms with van der Waals surface area (Å²) in [6.45, 7) is 23.5. The molecule has 0 spiro atoms. The van der Waals surface area contributed by atoms with Crippen molar-refractivity contribution in [2.45, 2.75) is 67.4 Å². The normalized spacial score (nSPS) is 15.3. The van der Waals surface area contributed by atoms with E-state index < -0.39 is 12.1 Å². The minimum atomic E-state index is -1.48. The molecular formula is C36H49N5O3. The quantitative estimate of drug-likeness (QED) is 0.208. The fourth-order valence-electron chi connectivity index (χ4n) is 4.77. The van der Waals surface area contributed by atoms with Crippen LogP contribution in [0.3, 0.4) is 0 Å².